The molecule has 0 spiro atoms. The van der Waals surface area contributed by atoms with Gasteiger partial charge in [-0.1, -0.05) is 30.0 Å². The highest BCUT2D eigenvalue weighted by atomic mass is 32.2. The fourth-order valence-electron chi connectivity index (χ4n) is 4.59. The zero-order valence-corrected chi connectivity index (χ0v) is 24.2. The zero-order valence-electron chi connectivity index (χ0n) is 20.9. The highest BCUT2D eigenvalue weighted by Crippen LogP contribution is 2.47. The van der Waals surface area contributed by atoms with Crippen LogP contribution < -0.4 is 14.2 Å². The van der Waals surface area contributed by atoms with Crippen LogP contribution in [0.2, 0.25) is 0 Å². The summed E-state index contributed by atoms with van der Waals surface area (Å²) in [7, 11) is -2.32. The van der Waals surface area contributed by atoms with Crippen molar-refractivity contribution in [2.24, 2.45) is 0 Å². The Labute approximate surface area is 229 Å². The summed E-state index contributed by atoms with van der Waals surface area (Å²) < 4.78 is 42.1. The summed E-state index contributed by atoms with van der Waals surface area (Å²) in [6.07, 6.45) is 5.68. The quantitative estimate of drug-likeness (QED) is 0.172. The molecule has 3 heterocycles. The van der Waals surface area contributed by atoms with Gasteiger partial charge in [0, 0.05) is 34.7 Å². The predicted octanol–water partition coefficient (Wildman–Crippen LogP) is 6.96. The molecular weight excluding hydrogens is 545 g/mol. The molecule has 2 aromatic carbocycles. The normalized spacial score (nSPS) is 15.3. The van der Waals surface area contributed by atoms with Gasteiger partial charge in [0.25, 0.3) is 15.1 Å². The summed E-state index contributed by atoms with van der Waals surface area (Å²) >= 11 is 5.18. The van der Waals surface area contributed by atoms with Gasteiger partial charge in [-0.25, -0.2) is 0 Å². The number of aryl methyl sites for hydroxylation is 1. The first-order chi connectivity index (χ1) is 17.8. The van der Waals surface area contributed by atoms with Gasteiger partial charge in [-0.3, -0.25) is 4.55 Å². The molecule has 1 aliphatic rings. The predicted molar refractivity (Wildman–Crippen MR) is 157 cm³/mol. The van der Waals surface area contributed by atoms with Crippen molar-refractivity contribution in [3.05, 3.63) is 63.5 Å². The van der Waals surface area contributed by atoms with Crippen LogP contribution in [0.3, 0.4) is 0 Å². The summed E-state index contributed by atoms with van der Waals surface area (Å²) in [5.74, 6) is 0.593. The summed E-state index contributed by atoms with van der Waals surface area (Å²) in [6.45, 7) is 5.67. The third-order valence-corrected chi connectivity index (χ3v) is 10.3. The number of hydrogen-bond acceptors (Lipinski definition) is 7. The van der Waals surface area contributed by atoms with Crippen LogP contribution in [-0.4, -0.2) is 32.4 Å². The Morgan fingerprint density at radius 2 is 1.97 bits per heavy atom. The van der Waals surface area contributed by atoms with Crippen molar-refractivity contribution in [3.8, 4) is 5.75 Å². The summed E-state index contributed by atoms with van der Waals surface area (Å²) in [6, 6.07) is 12.6. The number of anilines is 1. The molecule has 6 nitrogen and oxygen atoms in total. The Balaban J connectivity index is 1.56. The van der Waals surface area contributed by atoms with Crippen molar-refractivity contribution in [2.45, 2.75) is 38.1 Å². The SMILES string of the molecule is CCC(=Cc1sc2ccc3sccc3c2[n+]1CCCS(=O)(=O)O)C=C1Sc2ccc(OC)cc2N1CC. The number of fused-ring (bicyclic) bond motifs is 4. The first kappa shape index (κ1) is 26.2. The van der Waals surface area contributed by atoms with Gasteiger partial charge < -0.3 is 9.64 Å². The molecule has 10 heteroatoms. The second-order valence-electron chi connectivity index (χ2n) is 8.71. The smallest absolute Gasteiger partial charge is 0.265 e. The van der Waals surface area contributed by atoms with E-state index in [1.807, 2.05) is 6.07 Å². The summed E-state index contributed by atoms with van der Waals surface area (Å²) in [5, 5.41) is 5.51. The number of aromatic nitrogens is 1. The first-order valence-corrected chi connectivity index (χ1v) is 16.3. The molecule has 5 rings (SSSR count). The lowest BCUT2D eigenvalue weighted by Crippen LogP contribution is -2.36. The molecular formula is C27H29N2O4S4+. The lowest BCUT2D eigenvalue weighted by Gasteiger charge is -2.18. The van der Waals surface area contributed by atoms with Gasteiger partial charge in [0.1, 0.15) is 10.4 Å². The number of thioether (sulfide) groups is 1. The number of thiazole rings is 1. The molecule has 37 heavy (non-hydrogen) atoms. The second-order valence-corrected chi connectivity index (χ2v) is 13.4. The van der Waals surface area contributed by atoms with Crippen LogP contribution in [0, 0.1) is 0 Å². The van der Waals surface area contributed by atoms with Gasteiger partial charge >= 0.3 is 0 Å². The number of rotatable bonds is 9. The molecule has 0 radical (unpaired) electrons. The first-order valence-electron chi connectivity index (χ1n) is 12.1. The van der Waals surface area contributed by atoms with Gasteiger partial charge in [-0.2, -0.15) is 13.0 Å². The molecule has 4 aromatic rings. The van der Waals surface area contributed by atoms with E-state index in [0.717, 1.165) is 39.6 Å². The maximum atomic E-state index is 11.4. The van der Waals surface area contributed by atoms with Crippen LogP contribution in [0.5, 0.6) is 5.75 Å². The second kappa shape index (κ2) is 10.8. The number of benzene rings is 2. The van der Waals surface area contributed by atoms with Crippen LogP contribution in [0.15, 0.2) is 63.4 Å². The summed E-state index contributed by atoms with van der Waals surface area (Å²) in [5.41, 5.74) is 3.48. The van der Waals surface area contributed by atoms with Crippen molar-refractivity contribution in [3.63, 3.8) is 0 Å². The molecule has 0 saturated carbocycles. The van der Waals surface area contributed by atoms with E-state index in [2.05, 4.69) is 71.2 Å². The van der Waals surface area contributed by atoms with Crippen molar-refractivity contribution in [2.75, 3.05) is 24.3 Å². The topological polar surface area (TPSA) is 70.7 Å². The maximum absolute atomic E-state index is 11.4. The fraction of sp³-hybridized carbons (Fsp3) is 0.296. The van der Waals surface area contributed by atoms with Crippen LogP contribution in [-0.2, 0) is 16.7 Å². The Morgan fingerprint density at radius 3 is 2.70 bits per heavy atom. The van der Waals surface area contributed by atoms with E-state index in [4.69, 9.17) is 4.74 Å². The number of nitrogens with zero attached hydrogens (tertiary/aromatic N) is 2. The van der Waals surface area contributed by atoms with E-state index >= 15 is 0 Å². The average molecular weight is 574 g/mol. The van der Waals surface area contributed by atoms with Crippen molar-refractivity contribution in [1.29, 1.82) is 0 Å². The molecule has 0 amide bonds. The standard InChI is InChI=1S/C27H28N2O4S4/c1-4-18(15-25-28(5-2)21-17-19(33-3)7-8-23(21)35-25)16-26-29(12-6-14-37(30,31)32)27-20-11-13-34-22(20)9-10-24(27)36-26/h7-11,13,15-17H,4-6,12,14H2,1-3H3/p+1. The van der Waals surface area contributed by atoms with E-state index in [0.29, 0.717) is 13.0 Å². The van der Waals surface area contributed by atoms with Gasteiger partial charge in [0.2, 0.25) is 5.52 Å². The van der Waals surface area contributed by atoms with Gasteiger partial charge in [-0.15, -0.1) is 11.3 Å². The van der Waals surface area contributed by atoms with Crippen LogP contribution >= 0.6 is 34.4 Å². The third kappa shape index (κ3) is 5.44. The average Bonchev–Trinajstić information content (AvgIpc) is 3.57. The molecule has 194 valence electrons. The monoisotopic (exact) mass is 573 g/mol. The fourth-order valence-corrected chi connectivity index (χ4v) is 8.23. The van der Waals surface area contributed by atoms with Gasteiger partial charge in [0.15, 0.2) is 6.54 Å². The maximum Gasteiger partial charge on any atom is 0.265 e. The van der Waals surface area contributed by atoms with E-state index in [9.17, 15) is 13.0 Å². The van der Waals surface area contributed by atoms with Gasteiger partial charge in [0.05, 0.1) is 29.0 Å². The zero-order chi connectivity index (χ0) is 26.2. The highest BCUT2D eigenvalue weighted by molar-refractivity contribution is 8.03. The largest absolute Gasteiger partial charge is 0.497 e. The third-order valence-electron chi connectivity index (χ3n) is 6.38. The van der Waals surface area contributed by atoms with E-state index < -0.39 is 10.1 Å². The summed E-state index contributed by atoms with van der Waals surface area (Å²) in [4.78, 5) is 3.53. The van der Waals surface area contributed by atoms with E-state index in [1.54, 1.807) is 41.5 Å². The molecule has 1 aliphatic heterocycles. The Morgan fingerprint density at radius 1 is 1.16 bits per heavy atom. The van der Waals surface area contributed by atoms with Crippen LogP contribution in [0.1, 0.15) is 31.7 Å². The molecule has 2 aromatic heterocycles. The highest BCUT2D eigenvalue weighted by Gasteiger charge is 2.26. The van der Waals surface area contributed by atoms with Crippen LogP contribution in [0.25, 0.3) is 26.4 Å². The molecule has 0 atom stereocenters. The number of thiophene rings is 1. The van der Waals surface area contributed by atoms with Crippen molar-refractivity contribution >= 4 is 76.6 Å². The number of hydrogen-bond donors (Lipinski definition) is 1. The number of methoxy groups -OCH3 is 1. The van der Waals surface area contributed by atoms with Crippen molar-refractivity contribution in [1.82, 2.24) is 0 Å². The molecule has 0 saturated heterocycles. The lowest BCUT2D eigenvalue weighted by atomic mass is 10.2. The molecule has 1 N–H and O–H groups in total. The van der Waals surface area contributed by atoms with E-state index in [-0.39, 0.29) is 5.75 Å². The minimum Gasteiger partial charge on any atom is -0.497 e. The van der Waals surface area contributed by atoms with E-state index in [1.165, 1.54) is 25.6 Å². The van der Waals surface area contributed by atoms with Crippen LogP contribution in [0.4, 0.5) is 5.69 Å². The lowest BCUT2D eigenvalue weighted by molar-refractivity contribution is -0.667. The Bertz CT molecular complexity index is 1630. The minimum atomic E-state index is -4.01. The van der Waals surface area contributed by atoms with Gasteiger partial charge in [-0.05, 0) is 60.7 Å². The molecule has 0 unspecified atom stereocenters. The Kier molecular flexibility index (Phi) is 7.65. The Hall–Kier alpha value is -2.37. The number of ether oxygens (including phenoxy) is 1. The molecule has 0 aliphatic carbocycles. The minimum absolute atomic E-state index is 0.255. The molecule has 0 bridgehead atoms. The molecule has 0 fully saturated rings. The van der Waals surface area contributed by atoms with Crippen molar-refractivity contribution < 1.29 is 22.3 Å². The number of allylic oxidation sites excluding steroid dienone is 2.